The molecular formula is C26H28F2N6O2. The van der Waals surface area contributed by atoms with Crippen molar-refractivity contribution in [1.29, 1.82) is 0 Å². The largest absolute Gasteiger partial charge is 0.340 e. The van der Waals surface area contributed by atoms with E-state index < -0.39 is 17.2 Å². The van der Waals surface area contributed by atoms with Gasteiger partial charge in [0.25, 0.3) is 0 Å². The topological polar surface area (TPSA) is 97.4 Å². The molecule has 8 nitrogen and oxygen atoms in total. The Labute approximate surface area is 207 Å². The number of H-pyrrole nitrogens is 2. The van der Waals surface area contributed by atoms with Crippen LogP contribution in [0.2, 0.25) is 0 Å². The van der Waals surface area contributed by atoms with E-state index in [1.54, 1.807) is 0 Å². The molecule has 0 aliphatic carbocycles. The zero-order chi connectivity index (χ0) is 25.3. The molecule has 3 aromatic rings. The number of hydrogen-bond acceptors (Lipinski definition) is 5. The highest BCUT2D eigenvalue weighted by atomic mass is 19.1. The number of likely N-dealkylation sites (tertiary alicyclic amines) is 1. The summed E-state index contributed by atoms with van der Waals surface area (Å²) in [4.78, 5) is 29.4. The first-order valence-electron chi connectivity index (χ1n) is 12.2. The van der Waals surface area contributed by atoms with Gasteiger partial charge < -0.3 is 0 Å². The van der Waals surface area contributed by atoms with Crippen molar-refractivity contribution in [2.24, 2.45) is 5.10 Å². The Bertz CT molecular complexity index is 1340. The van der Waals surface area contributed by atoms with E-state index in [1.165, 1.54) is 11.9 Å². The molecule has 0 spiro atoms. The third kappa shape index (κ3) is 4.48. The average Bonchev–Trinajstić information content (AvgIpc) is 3.60. The molecule has 3 heterocycles. The molecule has 2 N–H and O–H groups in total. The zero-order valence-electron chi connectivity index (χ0n) is 20.0. The molecule has 188 valence electrons. The van der Waals surface area contributed by atoms with Gasteiger partial charge in [-0.15, -0.1) is 0 Å². The Morgan fingerprint density at radius 2 is 2.00 bits per heavy atom. The highest BCUT2D eigenvalue weighted by molar-refractivity contribution is 6.03. The van der Waals surface area contributed by atoms with Gasteiger partial charge in [-0.05, 0) is 62.5 Å². The van der Waals surface area contributed by atoms with Crippen molar-refractivity contribution in [2.45, 2.75) is 50.6 Å². The van der Waals surface area contributed by atoms with Crippen molar-refractivity contribution in [1.82, 2.24) is 25.1 Å². The maximum Gasteiger partial charge on any atom is 0.340 e. The number of benzene rings is 2. The van der Waals surface area contributed by atoms with E-state index >= 15 is 0 Å². The zero-order valence-corrected chi connectivity index (χ0v) is 20.0. The summed E-state index contributed by atoms with van der Waals surface area (Å²) in [7, 11) is 0. The number of aromatic nitrogens is 3. The fraction of sp³-hybridized carbons (Fsp3) is 0.385. The predicted molar refractivity (Wildman–Crippen MR) is 130 cm³/mol. The molecule has 36 heavy (non-hydrogen) atoms. The number of aromatic amines is 2. The van der Waals surface area contributed by atoms with Gasteiger partial charge in [-0.2, -0.15) is 10.2 Å². The van der Waals surface area contributed by atoms with Crippen LogP contribution in [0.1, 0.15) is 62.0 Å². The van der Waals surface area contributed by atoms with Gasteiger partial charge in [0, 0.05) is 18.9 Å². The summed E-state index contributed by atoms with van der Waals surface area (Å²) in [6, 6.07) is 12.9. The van der Waals surface area contributed by atoms with E-state index in [0.717, 1.165) is 56.1 Å². The Balaban J connectivity index is 1.43. The van der Waals surface area contributed by atoms with Crippen LogP contribution in [0.3, 0.4) is 0 Å². The smallest absolute Gasteiger partial charge is 0.293 e. The highest BCUT2D eigenvalue weighted by Gasteiger charge is 2.46. The molecule has 0 radical (unpaired) electrons. The van der Waals surface area contributed by atoms with Crippen LogP contribution in [-0.4, -0.2) is 49.8 Å². The van der Waals surface area contributed by atoms with Crippen LogP contribution >= 0.6 is 0 Å². The summed E-state index contributed by atoms with van der Waals surface area (Å²) in [5.74, 6) is -0.764. The Kier molecular flexibility index (Phi) is 6.53. The monoisotopic (exact) mass is 494 g/mol. The van der Waals surface area contributed by atoms with Gasteiger partial charge in [0.1, 0.15) is 17.5 Å². The fourth-order valence-electron chi connectivity index (χ4n) is 5.57. The van der Waals surface area contributed by atoms with E-state index in [0.29, 0.717) is 18.0 Å². The summed E-state index contributed by atoms with van der Waals surface area (Å²) >= 11 is 0. The Hall–Kier alpha value is -3.66. The molecule has 1 unspecified atom stereocenters. The Morgan fingerprint density at radius 3 is 2.72 bits per heavy atom. The van der Waals surface area contributed by atoms with E-state index in [9.17, 15) is 18.4 Å². The molecule has 2 aliphatic rings. The average molecular weight is 495 g/mol. The molecular weight excluding hydrogens is 466 g/mol. The van der Waals surface area contributed by atoms with Gasteiger partial charge in [0.05, 0.1) is 17.3 Å². The van der Waals surface area contributed by atoms with Gasteiger partial charge >= 0.3 is 5.69 Å². The number of carbonyl (C=O) groups is 1. The van der Waals surface area contributed by atoms with E-state index in [4.69, 9.17) is 0 Å². The summed E-state index contributed by atoms with van der Waals surface area (Å²) in [5, 5.41) is 12.5. The minimum atomic E-state index is -0.822. The standard InChI is InChI=1S/C26H28F2N6O2/c1-17(35)34-26(18-7-3-2-4-8-18,16-22(32-34)20-15-19(27)10-11-21(20)28)12-6-14-33-13-5-9-23(33)24-29-25(36)31-30-24/h2-4,7-8,10-11,15,23H,5-6,9,12-14,16H2,1H3,(H2,29,30,31,36)/t23?,26-/m1/s1. The Morgan fingerprint density at radius 1 is 1.19 bits per heavy atom. The number of nitrogens with one attached hydrogen (secondary N) is 2. The summed E-state index contributed by atoms with van der Waals surface area (Å²) in [5.41, 5.74) is 0.166. The number of carbonyl (C=O) groups excluding carboxylic acids is 1. The molecule has 1 amide bonds. The molecule has 2 aliphatic heterocycles. The second-order valence-electron chi connectivity index (χ2n) is 9.44. The van der Waals surface area contributed by atoms with Crippen molar-refractivity contribution in [3.8, 4) is 0 Å². The van der Waals surface area contributed by atoms with E-state index in [2.05, 4.69) is 25.2 Å². The molecule has 1 aromatic heterocycles. The maximum absolute atomic E-state index is 14.7. The van der Waals surface area contributed by atoms with Gasteiger partial charge in [0.2, 0.25) is 5.91 Å². The maximum atomic E-state index is 14.7. The minimum absolute atomic E-state index is 0.0253. The second kappa shape index (κ2) is 9.77. The van der Waals surface area contributed by atoms with Gasteiger partial charge in [0.15, 0.2) is 0 Å². The molecule has 0 saturated carbocycles. The number of nitrogens with zero attached hydrogens (tertiary/aromatic N) is 4. The van der Waals surface area contributed by atoms with Gasteiger partial charge in [-0.25, -0.2) is 23.7 Å². The van der Waals surface area contributed by atoms with Gasteiger partial charge in [-0.3, -0.25) is 14.7 Å². The molecule has 1 saturated heterocycles. The molecule has 10 heteroatoms. The first-order valence-corrected chi connectivity index (χ1v) is 12.2. The number of rotatable bonds is 7. The fourth-order valence-corrected chi connectivity index (χ4v) is 5.57. The second-order valence-corrected chi connectivity index (χ2v) is 9.44. The minimum Gasteiger partial charge on any atom is -0.293 e. The molecule has 2 atom stereocenters. The van der Waals surface area contributed by atoms with Crippen molar-refractivity contribution >= 4 is 11.6 Å². The van der Waals surface area contributed by atoms with Crippen LogP contribution < -0.4 is 5.69 Å². The van der Waals surface area contributed by atoms with Crippen molar-refractivity contribution < 1.29 is 13.6 Å². The summed E-state index contributed by atoms with van der Waals surface area (Å²) < 4.78 is 28.7. The predicted octanol–water partition coefficient (Wildman–Crippen LogP) is 3.85. The number of amides is 1. The molecule has 0 bridgehead atoms. The lowest BCUT2D eigenvalue weighted by atomic mass is 9.80. The number of hydrazone groups is 1. The summed E-state index contributed by atoms with van der Waals surface area (Å²) in [6.45, 7) is 3.05. The van der Waals surface area contributed by atoms with Crippen LogP contribution in [0.15, 0.2) is 58.4 Å². The number of hydrogen-bond donors (Lipinski definition) is 2. The lowest BCUT2D eigenvalue weighted by Crippen LogP contribution is -2.43. The third-order valence-electron chi connectivity index (χ3n) is 7.17. The van der Waals surface area contributed by atoms with Crippen LogP contribution in [0, 0.1) is 11.6 Å². The van der Waals surface area contributed by atoms with Crippen molar-refractivity contribution in [3.63, 3.8) is 0 Å². The lowest BCUT2D eigenvalue weighted by Gasteiger charge is -2.37. The first-order chi connectivity index (χ1) is 17.4. The number of halogens is 2. The third-order valence-corrected chi connectivity index (χ3v) is 7.17. The SMILES string of the molecule is CC(=O)N1N=C(c2cc(F)ccc2F)C[C@]1(CCCN1CCCC1c1n[nH]c(=O)[nH]1)c1ccccc1. The summed E-state index contributed by atoms with van der Waals surface area (Å²) in [6.07, 6.45) is 3.46. The van der Waals surface area contributed by atoms with Crippen LogP contribution in [0.25, 0.3) is 0 Å². The van der Waals surface area contributed by atoms with E-state index in [1.807, 2.05) is 30.3 Å². The van der Waals surface area contributed by atoms with Gasteiger partial charge in [-0.1, -0.05) is 30.3 Å². The van der Waals surface area contributed by atoms with Crippen LogP contribution in [0.4, 0.5) is 8.78 Å². The first kappa shape index (κ1) is 24.1. The van der Waals surface area contributed by atoms with Crippen molar-refractivity contribution in [2.75, 3.05) is 13.1 Å². The lowest BCUT2D eigenvalue weighted by molar-refractivity contribution is -0.135. The van der Waals surface area contributed by atoms with E-state index in [-0.39, 0.29) is 29.6 Å². The molecule has 5 rings (SSSR count). The molecule has 2 aromatic carbocycles. The molecule has 1 fully saturated rings. The van der Waals surface area contributed by atoms with Crippen molar-refractivity contribution in [3.05, 3.63) is 87.6 Å². The van der Waals surface area contributed by atoms with Crippen LogP contribution in [-0.2, 0) is 10.3 Å². The quantitative estimate of drug-likeness (QED) is 0.522. The van der Waals surface area contributed by atoms with Crippen LogP contribution in [0.5, 0.6) is 0 Å². The highest BCUT2D eigenvalue weighted by Crippen LogP contribution is 2.43. The normalized spacial score (nSPS) is 22.2.